The minimum absolute atomic E-state index is 0.259. The van der Waals surface area contributed by atoms with Crippen molar-refractivity contribution < 1.29 is 9.53 Å². The number of nitrogens with one attached hydrogen (secondary N) is 2. The van der Waals surface area contributed by atoms with Gasteiger partial charge in [0, 0.05) is 36.4 Å². The average molecular weight is 352 g/mol. The van der Waals surface area contributed by atoms with Crippen LogP contribution in [0.3, 0.4) is 0 Å². The van der Waals surface area contributed by atoms with Crippen LogP contribution >= 0.6 is 0 Å². The molecule has 8 heteroatoms. The number of nitrogens with zero attached hydrogens (tertiary/aromatic N) is 4. The van der Waals surface area contributed by atoms with Crippen LogP contribution in [-0.2, 0) is 4.74 Å². The predicted octanol–water partition coefficient (Wildman–Crippen LogP) is 1.74. The summed E-state index contributed by atoms with van der Waals surface area (Å²) in [6.07, 6.45) is 9.01. The lowest BCUT2D eigenvalue weighted by atomic mass is 10.1. The molecule has 4 rings (SSSR count). The number of aromatic nitrogens is 4. The number of carbonyl (C=O) groups is 1. The second-order valence-electron chi connectivity index (χ2n) is 6.23. The van der Waals surface area contributed by atoms with Gasteiger partial charge in [0.2, 0.25) is 0 Å². The van der Waals surface area contributed by atoms with Gasteiger partial charge >= 0.3 is 5.97 Å². The highest BCUT2D eigenvalue weighted by Crippen LogP contribution is 2.24. The number of piperidine rings is 1. The third kappa shape index (κ3) is 3.23. The van der Waals surface area contributed by atoms with Gasteiger partial charge in [0.05, 0.1) is 12.8 Å². The highest BCUT2D eigenvalue weighted by molar-refractivity contribution is 5.88. The molecule has 1 fully saturated rings. The molecule has 0 radical (unpaired) electrons. The van der Waals surface area contributed by atoms with E-state index >= 15 is 0 Å². The zero-order chi connectivity index (χ0) is 17.9. The number of esters is 1. The van der Waals surface area contributed by atoms with E-state index in [0.717, 1.165) is 37.2 Å². The maximum atomic E-state index is 11.9. The molecule has 1 saturated heterocycles. The molecule has 134 valence electrons. The minimum atomic E-state index is -0.466. The van der Waals surface area contributed by atoms with Crippen molar-refractivity contribution in [2.24, 2.45) is 0 Å². The molecule has 0 bridgehead atoms. The number of fused-ring (bicyclic) bond motifs is 1. The average Bonchev–Trinajstić information content (AvgIpc) is 3.13. The molecular formula is C18H20N6O2. The molecule has 1 aliphatic rings. The Balaban J connectivity index is 1.79. The Hall–Kier alpha value is -3.00. The Bertz CT molecular complexity index is 918. The quantitative estimate of drug-likeness (QED) is 0.691. The van der Waals surface area contributed by atoms with Gasteiger partial charge in [0.1, 0.15) is 0 Å². The van der Waals surface area contributed by atoms with E-state index in [4.69, 9.17) is 9.72 Å². The van der Waals surface area contributed by atoms with Crippen molar-refractivity contribution in [2.75, 3.05) is 25.5 Å². The van der Waals surface area contributed by atoms with E-state index < -0.39 is 5.97 Å². The summed E-state index contributed by atoms with van der Waals surface area (Å²) in [4.78, 5) is 25.1. The van der Waals surface area contributed by atoms with E-state index in [1.54, 1.807) is 18.6 Å². The number of hydrogen-bond donors (Lipinski definition) is 2. The molecule has 3 aromatic rings. The first-order valence-corrected chi connectivity index (χ1v) is 8.60. The standard InChI is InChI=1S/C18H20N6O2/c1-26-18(25)15-11-24-10-14(12-2-6-19-7-3-12)22-16(17(24)23-15)21-13-4-8-20-9-5-13/h2-3,6-7,10-11,13,20H,4-5,8-9H2,1H3,(H,21,22). The van der Waals surface area contributed by atoms with Crippen molar-refractivity contribution in [1.82, 2.24) is 24.7 Å². The number of ether oxygens (including phenoxy) is 1. The molecule has 0 saturated carbocycles. The molecule has 0 aromatic carbocycles. The van der Waals surface area contributed by atoms with Crippen molar-refractivity contribution >= 4 is 17.4 Å². The Labute approximate surface area is 150 Å². The van der Waals surface area contributed by atoms with E-state index in [1.165, 1.54) is 7.11 Å². The van der Waals surface area contributed by atoms with E-state index in [2.05, 4.69) is 20.6 Å². The lowest BCUT2D eigenvalue weighted by molar-refractivity contribution is 0.0595. The second-order valence-corrected chi connectivity index (χ2v) is 6.23. The summed E-state index contributed by atoms with van der Waals surface area (Å²) < 4.78 is 6.62. The number of carbonyl (C=O) groups excluding carboxylic acids is 1. The number of hydrogen-bond acceptors (Lipinski definition) is 7. The molecule has 1 aliphatic heterocycles. The van der Waals surface area contributed by atoms with Crippen molar-refractivity contribution in [3.8, 4) is 11.3 Å². The summed E-state index contributed by atoms with van der Waals surface area (Å²) in [6, 6.07) is 4.12. The first-order chi connectivity index (χ1) is 12.7. The largest absolute Gasteiger partial charge is 0.464 e. The van der Waals surface area contributed by atoms with Crippen LogP contribution < -0.4 is 10.6 Å². The summed E-state index contributed by atoms with van der Waals surface area (Å²) >= 11 is 0. The van der Waals surface area contributed by atoms with Crippen LogP contribution in [0.15, 0.2) is 36.9 Å². The number of pyridine rings is 1. The van der Waals surface area contributed by atoms with Crippen molar-refractivity contribution in [3.05, 3.63) is 42.6 Å². The molecule has 3 aromatic heterocycles. The van der Waals surface area contributed by atoms with Crippen molar-refractivity contribution in [2.45, 2.75) is 18.9 Å². The van der Waals surface area contributed by atoms with Crippen molar-refractivity contribution in [1.29, 1.82) is 0 Å². The van der Waals surface area contributed by atoms with E-state index in [-0.39, 0.29) is 5.69 Å². The normalized spacial score (nSPS) is 15.1. The first kappa shape index (κ1) is 16.5. The van der Waals surface area contributed by atoms with Gasteiger partial charge < -0.3 is 19.8 Å². The fraction of sp³-hybridized carbons (Fsp3) is 0.333. The van der Waals surface area contributed by atoms with Gasteiger partial charge in [-0.05, 0) is 38.1 Å². The number of imidazole rings is 1. The van der Waals surface area contributed by atoms with Crippen LogP contribution in [-0.4, -0.2) is 51.6 Å². The van der Waals surface area contributed by atoms with Crippen LogP contribution in [0.4, 0.5) is 5.82 Å². The molecule has 26 heavy (non-hydrogen) atoms. The molecule has 8 nitrogen and oxygen atoms in total. The van der Waals surface area contributed by atoms with Crippen LogP contribution in [0.25, 0.3) is 16.9 Å². The van der Waals surface area contributed by atoms with Crippen LogP contribution in [0.2, 0.25) is 0 Å². The van der Waals surface area contributed by atoms with Crippen molar-refractivity contribution in [3.63, 3.8) is 0 Å². The van der Waals surface area contributed by atoms with Gasteiger partial charge in [-0.15, -0.1) is 0 Å². The van der Waals surface area contributed by atoms with Crippen LogP contribution in [0.5, 0.6) is 0 Å². The van der Waals surface area contributed by atoms with Gasteiger partial charge in [-0.3, -0.25) is 4.98 Å². The fourth-order valence-corrected chi connectivity index (χ4v) is 3.12. The third-order valence-electron chi connectivity index (χ3n) is 4.49. The maximum Gasteiger partial charge on any atom is 0.358 e. The molecule has 0 amide bonds. The monoisotopic (exact) mass is 352 g/mol. The Morgan fingerprint density at radius 3 is 2.73 bits per heavy atom. The molecule has 0 aliphatic carbocycles. The SMILES string of the molecule is COC(=O)c1cn2cc(-c3ccncc3)nc(NC3CCNCC3)c2n1. The summed E-state index contributed by atoms with van der Waals surface area (Å²) in [5, 5.41) is 6.85. The zero-order valence-corrected chi connectivity index (χ0v) is 14.5. The summed E-state index contributed by atoms with van der Waals surface area (Å²) in [7, 11) is 1.35. The predicted molar refractivity (Wildman–Crippen MR) is 97.1 cm³/mol. The van der Waals surface area contributed by atoms with E-state index in [9.17, 15) is 4.79 Å². The summed E-state index contributed by atoms with van der Waals surface area (Å²) in [5.74, 6) is 0.202. The molecular weight excluding hydrogens is 332 g/mol. The van der Waals surface area contributed by atoms with E-state index in [1.807, 2.05) is 22.7 Å². The maximum absolute atomic E-state index is 11.9. The third-order valence-corrected chi connectivity index (χ3v) is 4.49. The smallest absolute Gasteiger partial charge is 0.358 e. The summed E-state index contributed by atoms with van der Waals surface area (Å²) in [5.41, 5.74) is 2.60. The van der Waals surface area contributed by atoms with Gasteiger partial charge in [-0.25, -0.2) is 14.8 Å². The van der Waals surface area contributed by atoms with Gasteiger partial charge in [-0.2, -0.15) is 0 Å². The molecule has 4 heterocycles. The highest BCUT2D eigenvalue weighted by atomic mass is 16.5. The lowest BCUT2D eigenvalue weighted by Crippen LogP contribution is -2.35. The summed E-state index contributed by atoms with van der Waals surface area (Å²) in [6.45, 7) is 1.94. The fourth-order valence-electron chi connectivity index (χ4n) is 3.12. The number of methoxy groups -OCH3 is 1. The second kappa shape index (κ2) is 7.09. The topological polar surface area (TPSA) is 93.4 Å². The lowest BCUT2D eigenvalue weighted by Gasteiger charge is -2.24. The van der Waals surface area contributed by atoms with Gasteiger partial charge in [0.25, 0.3) is 0 Å². The Morgan fingerprint density at radius 1 is 1.23 bits per heavy atom. The number of anilines is 1. The van der Waals surface area contributed by atoms with Crippen LogP contribution in [0.1, 0.15) is 23.3 Å². The van der Waals surface area contributed by atoms with E-state index in [0.29, 0.717) is 17.5 Å². The van der Waals surface area contributed by atoms with Gasteiger partial charge in [-0.1, -0.05) is 0 Å². The number of rotatable bonds is 4. The molecule has 0 atom stereocenters. The Morgan fingerprint density at radius 2 is 2.00 bits per heavy atom. The molecule has 0 unspecified atom stereocenters. The highest BCUT2D eigenvalue weighted by Gasteiger charge is 2.19. The molecule has 0 spiro atoms. The zero-order valence-electron chi connectivity index (χ0n) is 14.5. The minimum Gasteiger partial charge on any atom is -0.464 e. The molecule has 2 N–H and O–H groups in total. The van der Waals surface area contributed by atoms with Gasteiger partial charge in [0.15, 0.2) is 17.2 Å². The van der Waals surface area contributed by atoms with Crippen LogP contribution in [0, 0.1) is 0 Å². The Kier molecular flexibility index (Phi) is 4.49. The first-order valence-electron chi connectivity index (χ1n) is 8.60.